The topological polar surface area (TPSA) is 105 Å². The molecule has 0 aliphatic rings. The highest BCUT2D eigenvalue weighted by molar-refractivity contribution is 5.92. The monoisotopic (exact) mass is 532 g/mol. The number of rotatable bonds is 13. The van der Waals surface area contributed by atoms with Gasteiger partial charge in [-0.1, -0.05) is 79.7 Å². The molecule has 3 aromatic carbocycles. The van der Waals surface area contributed by atoms with E-state index in [2.05, 4.69) is 5.32 Å². The molecule has 0 saturated carbocycles. The first-order chi connectivity index (χ1) is 18.7. The van der Waals surface area contributed by atoms with Crippen LogP contribution in [0.3, 0.4) is 0 Å². The van der Waals surface area contributed by atoms with Crippen molar-refractivity contribution in [3.8, 4) is 0 Å². The molecule has 208 valence electrons. The second-order valence-corrected chi connectivity index (χ2v) is 9.86. The molecule has 3 N–H and O–H groups in total. The summed E-state index contributed by atoms with van der Waals surface area (Å²) in [5, 5.41) is 4.82. The van der Waals surface area contributed by atoms with Gasteiger partial charge in [-0.05, 0) is 28.3 Å². The van der Waals surface area contributed by atoms with Gasteiger partial charge in [0.1, 0.15) is 18.7 Å². The van der Waals surface area contributed by atoms with Crippen LogP contribution >= 0.6 is 0 Å². The molecule has 0 aliphatic carbocycles. The normalized spacial score (nSPS) is 13.4. The van der Waals surface area contributed by atoms with Crippen LogP contribution in [0.15, 0.2) is 72.8 Å². The summed E-state index contributed by atoms with van der Waals surface area (Å²) in [6.45, 7) is 2.03. The SMILES string of the molecule is CCC(N)COCC(=O)N(C)[C@@H](Cc1ccc2ccccc2c1)C(=O)N(C)[C@H](Cc1ccccc1)C(=O)NC. The smallest absolute Gasteiger partial charge is 0.249 e. The number of carbonyl (C=O) groups excluding carboxylic acids is 3. The molecule has 0 aliphatic heterocycles. The van der Waals surface area contributed by atoms with E-state index in [-0.39, 0.29) is 43.4 Å². The first-order valence-electron chi connectivity index (χ1n) is 13.3. The van der Waals surface area contributed by atoms with Gasteiger partial charge >= 0.3 is 0 Å². The van der Waals surface area contributed by atoms with E-state index in [4.69, 9.17) is 10.5 Å². The van der Waals surface area contributed by atoms with E-state index in [1.807, 2.05) is 79.7 Å². The molecule has 0 saturated heterocycles. The van der Waals surface area contributed by atoms with Crippen molar-refractivity contribution in [1.29, 1.82) is 0 Å². The average Bonchev–Trinajstić information content (AvgIpc) is 2.97. The van der Waals surface area contributed by atoms with Crippen molar-refractivity contribution in [2.75, 3.05) is 34.4 Å². The van der Waals surface area contributed by atoms with E-state index in [0.717, 1.165) is 28.3 Å². The van der Waals surface area contributed by atoms with Crippen molar-refractivity contribution >= 4 is 28.5 Å². The minimum Gasteiger partial charge on any atom is -0.370 e. The summed E-state index contributed by atoms with van der Waals surface area (Å²) < 4.78 is 5.54. The van der Waals surface area contributed by atoms with Crippen molar-refractivity contribution in [2.45, 2.75) is 44.3 Å². The molecule has 0 radical (unpaired) electrons. The highest BCUT2D eigenvalue weighted by Gasteiger charge is 2.35. The zero-order valence-corrected chi connectivity index (χ0v) is 23.3. The quantitative estimate of drug-likeness (QED) is 0.352. The van der Waals surface area contributed by atoms with Crippen LogP contribution in [0.25, 0.3) is 10.8 Å². The number of fused-ring (bicyclic) bond motifs is 1. The number of benzene rings is 3. The van der Waals surface area contributed by atoms with E-state index in [1.54, 1.807) is 21.1 Å². The zero-order chi connectivity index (χ0) is 28.4. The lowest BCUT2D eigenvalue weighted by molar-refractivity contribution is -0.149. The van der Waals surface area contributed by atoms with E-state index >= 15 is 0 Å². The van der Waals surface area contributed by atoms with Crippen LogP contribution in [-0.4, -0.2) is 80.0 Å². The Morgan fingerprint density at radius 3 is 2.15 bits per heavy atom. The van der Waals surface area contributed by atoms with E-state index in [1.165, 1.54) is 9.80 Å². The third-order valence-corrected chi connectivity index (χ3v) is 7.11. The van der Waals surface area contributed by atoms with Crippen LogP contribution in [0.5, 0.6) is 0 Å². The molecular weight excluding hydrogens is 492 g/mol. The van der Waals surface area contributed by atoms with Crippen molar-refractivity contribution < 1.29 is 19.1 Å². The second kappa shape index (κ2) is 14.4. The molecule has 0 heterocycles. The van der Waals surface area contributed by atoms with Gasteiger partial charge < -0.3 is 25.6 Å². The van der Waals surface area contributed by atoms with Gasteiger partial charge in [0.2, 0.25) is 17.7 Å². The van der Waals surface area contributed by atoms with Crippen molar-refractivity contribution in [1.82, 2.24) is 15.1 Å². The summed E-state index contributed by atoms with van der Waals surface area (Å²) in [6, 6.07) is 21.8. The van der Waals surface area contributed by atoms with Crippen LogP contribution < -0.4 is 11.1 Å². The molecule has 0 aromatic heterocycles. The molecule has 3 amide bonds. The van der Waals surface area contributed by atoms with Crippen molar-refractivity contribution in [3.63, 3.8) is 0 Å². The largest absolute Gasteiger partial charge is 0.370 e. The molecule has 0 spiro atoms. The molecule has 3 atom stereocenters. The summed E-state index contributed by atoms with van der Waals surface area (Å²) >= 11 is 0. The third-order valence-electron chi connectivity index (χ3n) is 7.11. The van der Waals surface area contributed by atoms with Gasteiger partial charge in [-0.25, -0.2) is 0 Å². The molecule has 8 heteroatoms. The Labute approximate surface area is 231 Å². The number of ether oxygens (including phenoxy) is 1. The summed E-state index contributed by atoms with van der Waals surface area (Å²) in [7, 11) is 4.78. The number of nitrogens with zero attached hydrogens (tertiary/aromatic N) is 2. The first-order valence-corrected chi connectivity index (χ1v) is 13.3. The fourth-order valence-corrected chi connectivity index (χ4v) is 4.47. The lowest BCUT2D eigenvalue weighted by Crippen LogP contribution is -2.56. The third kappa shape index (κ3) is 8.12. The number of nitrogens with one attached hydrogen (secondary N) is 1. The van der Waals surface area contributed by atoms with Gasteiger partial charge in [0.25, 0.3) is 0 Å². The fraction of sp³-hybridized carbons (Fsp3) is 0.387. The Bertz CT molecular complexity index is 1250. The predicted octanol–water partition coefficient (Wildman–Crippen LogP) is 2.78. The number of amides is 3. The Hall–Kier alpha value is -3.75. The van der Waals surface area contributed by atoms with Crippen LogP contribution in [0.2, 0.25) is 0 Å². The van der Waals surface area contributed by atoms with E-state index in [0.29, 0.717) is 6.42 Å². The second-order valence-electron chi connectivity index (χ2n) is 9.86. The minimum absolute atomic E-state index is 0.157. The molecule has 3 aromatic rings. The molecule has 0 bridgehead atoms. The van der Waals surface area contributed by atoms with E-state index in [9.17, 15) is 14.4 Å². The fourth-order valence-electron chi connectivity index (χ4n) is 4.47. The predicted molar refractivity (Wildman–Crippen MR) is 154 cm³/mol. The molecule has 3 rings (SSSR count). The molecule has 1 unspecified atom stereocenters. The highest BCUT2D eigenvalue weighted by atomic mass is 16.5. The van der Waals surface area contributed by atoms with Gasteiger partial charge in [0.05, 0.1) is 6.61 Å². The van der Waals surface area contributed by atoms with E-state index < -0.39 is 12.1 Å². The highest BCUT2D eigenvalue weighted by Crippen LogP contribution is 2.20. The van der Waals surface area contributed by atoms with Crippen LogP contribution in [0.4, 0.5) is 0 Å². The van der Waals surface area contributed by atoms with Crippen molar-refractivity contribution in [3.05, 3.63) is 83.9 Å². The minimum atomic E-state index is -0.838. The standard InChI is InChI=1S/C31H40N4O4/c1-5-26(32)20-39-21-29(36)34(3)28(19-23-15-16-24-13-9-10-14-25(24)17-23)31(38)35(4)27(30(37)33-2)18-22-11-7-6-8-12-22/h6-17,26-28H,5,18-21,32H2,1-4H3,(H,33,37)/t26?,27-,28+/m1/s1. The summed E-state index contributed by atoms with van der Waals surface area (Å²) in [5.41, 5.74) is 7.76. The van der Waals surface area contributed by atoms with Gasteiger partial charge in [-0.3, -0.25) is 14.4 Å². The molecular formula is C31H40N4O4. The average molecular weight is 533 g/mol. The number of carbonyl (C=O) groups is 3. The number of hydrogen-bond donors (Lipinski definition) is 2. The summed E-state index contributed by atoms with van der Waals surface area (Å²) in [6.07, 6.45) is 1.37. The van der Waals surface area contributed by atoms with Gasteiger partial charge in [0, 0.05) is 40.0 Å². The Balaban J connectivity index is 1.88. The number of nitrogens with two attached hydrogens (primary N) is 1. The number of likely N-dealkylation sites (N-methyl/N-ethyl adjacent to an activating group) is 3. The molecule has 39 heavy (non-hydrogen) atoms. The zero-order valence-electron chi connectivity index (χ0n) is 23.3. The summed E-state index contributed by atoms with van der Waals surface area (Å²) in [5.74, 6) is -0.927. The maximum absolute atomic E-state index is 14.0. The molecule has 0 fully saturated rings. The van der Waals surface area contributed by atoms with Crippen LogP contribution in [-0.2, 0) is 32.0 Å². The summed E-state index contributed by atoms with van der Waals surface area (Å²) in [4.78, 5) is 43.0. The maximum Gasteiger partial charge on any atom is 0.249 e. The number of hydrogen-bond acceptors (Lipinski definition) is 5. The maximum atomic E-state index is 14.0. The van der Waals surface area contributed by atoms with Crippen molar-refractivity contribution in [2.24, 2.45) is 5.73 Å². The van der Waals surface area contributed by atoms with Gasteiger partial charge in [-0.2, -0.15) is 0 Å². The van der Waals surface area contributed by atoms with Crippen LogP contribution in [0, 0.1) is 0 Å². The van der Waals surface area contributed by atoms with Gasteiger partial charge in [-0.15, -0.1) is 0 Å². The lowest BCUT2D eigenvalue weighted by Gasteiger charge is -2.34. The molecule has 8 nitrogen and oxygen atoms in total. The lowest BCUT2D eigenvalue weighted by atomic mass is 9.98. The van der Waals surface area contributed by atoms with Gasteiger partial charge in [0.15, 0.2) is 0 Å². The Morgan fingerprint density at radius 1 is 0.846 bits per heavy atom. The van der Waals surface area contributed by atoms with Crippen LogP contribution in [0.1, 0.15) is 24.5 Å². The Morgan fingerprint density at radius 2 is 1.49 bits per heavy atom. The first kappa shape index (κ1) is 29.8. The Kier molecular flexibility index (Phi) is 11.0.